The molecule has 2 aromatic carbocycles. The van der Waals surface area contributed by atoms with Gasteiger partial charge >= 0.3 is 0 Å². The van der Waals surface area contributed by atoms with Gasteiger partial charge in [-0.3, -0.25) is 19.2 Å². The van der Waals surface area contributed by atoms with Gasteiger partial charge < -0.3 is 30.1 Å². The number of unbranched alkanes of at least 4 members (excludes halogenated alkanes) is 1. The van der Waals surface area contributed by atoms with Crippen molar-refractivity contribution in [2.45, 2.75) is 38.8 Å². The van der Waals surface area contributed by atoms with Crippen molar-refractivity contribution < 1.29 is 28.0 Å². The van der Waals surface area contributed by atoms with Gasteiger partial charge in [-0.2, -0.15) is 0 Å². The van der Waals surface area contributed by atoms with E-state index in [4.69, 9.17) is 8.83 Å². The van der Waals surface area contributed by atoms with E-state index in [1.807, 2.05) is 0 Å². The summed E-state index contributed by atoms with van der Waals surface area (Å²) in [5.41, 5.74) is 1.50. The Morgan fingerprint density at radius 2 is 0.975 bits per heavy atom. The quantitative estimate of drug-likeness (QED) is 0.178. The van der Waals surface area contributed by atoms with Gasteiger partial charge in [0.15, 0.2) is 0 Å². The Bertz CT molecular complexity index is 1320. The van der Waals surface area contributed by atoms with Gasteiger partial charge in [0.05, 0.1) is 48.1 Å². The zero-order valence-electron chi connectivity index (χ0n) is 21.8. The molecule has 2 aromatic heterocycles. The number of amides is 4. The molecule has 4 N–H and O–H groups in total. The number of hydrogen-bond donors (Lipinski definition) is 4. The number of para-hydroxylation sites is 2. The topological polar surface area (TPSA) is 143 Å². The molecular weight excluding hydrogens is 512 g/mol. The van der Waals surface area contributed by atoms with Crippen LogP contribution in [0.2, 0.25) is 0 Å². The average molecular weight is 543 g/mol. The van der Waals surface area contributed by atoms with Crippen molar-refractivity contribution in [3.8, 4) is 0 Å². The monoisotopic (exact) mass is 542 g/mol. The van der Waals surface area contributed by atoms with E-state index in [-0.39, 0.29) is 49.6 Å². The fraction of sp³-hybridized carbons (Fsp3) is 0.200. The number of nitrogens with one attached hydrogen (secondary N) is 4. The lowest BCUT2D eigenvalue weighted by Gasteiger charge is -2.12. The molecule has 206 valence electrons. The maximum atomic E-state index is 12.6. The number of carbonyl (C=O) groups is 4. The van der Waals surface area contributed by atoms with Crippen LogP contribution in [0, 0.1) is 0 Å². The Kier molecular flexibility index (Phi) is 9.87. The zero-order valence-corrected chi connectivity index (χ0v) is 21.8. The van der Waals surface area contributed by atoms with Crippen LogP contribution >= 0.6 is 0 Å². The number of furan rings is 2. The van der Waals surface area contributed by atoms with Gasteiger partial charge in [-0.25, -0.2) is 0 Å². The molecule has 4 aromatic rings. The average Bonchev–Trinajstić information content (AvgIpc) is 3.68. The third-order valence-corrected chi connectivity index (χ3v) is 5.96. The molecule has 0 fully saturated rings. The minimum absolute atomic E-state index is 0.182. The van der Waals surface area contributed by atoms with E-state index in [2.05, 4.69) is 21.3 Å². The Morgan fingerprint density at radius 1 is 0.550 bits per heavy atom. The van der Waals surface area contributed by atoms with Gasteiger partial charge in [0.2, 0.25) is 11.8 Å². The maximum Gasteiger partial charge on any atom is 0.253 e. The van der Waals surface area contributed by atoms with E-state index in [1.165, 1.54) is 12.5 Å². The van der Waals surface area contributed by atoms with Gasteiger partial charge in [0, 0.05) is 12.8 Å². The number of carbonyl (C=O) groups excluding carboxylic acids is 4. The van der Waals surface area contributed by atoms with Crippen LogP contribution < -0.4 is 21.3 Å². The van der Waals surface area contributed by atoms with E-state index >= 15 is 0 Å². The van der Waals surface area contributed by atoms with Crippen LogP contribution in [-0.4, -0.2) is 23.6 Å². The van der Waals surface area contributed by atoms with Crippen molar-refractivity contribution in [3.05, 3.63) is 108 Å². The number of rotatable bonds is 13. The summed E-state index contributed by atoms with van der Waals surface area (Å²) in [7, 11) is 0. The molecule has 10 nitrogen and oxygen atoms in total. The molecule has 4 rings (SSSR count). The van der Waals surface area contributed by atoms with Gasteiger partial charge in [-0.1, -0.05) is 24.3 Å². The molecule has 4 amide bonds. The van der Waals surface area contributed by atoms with Crippen LogP contribution in [0.1, 0.15) is 57.9 Å². The zero-order chi connectivity index (χ0) is 28.2. The fourth-order valence-electron chi connectivity index (χ4n) is 3.93. The molecule has 0 saturated carbocycles. The summed E-state index contributed by atoms with van der Waals surface area (Å²) < 4.78 is 10.4. The molecule has 0 aliphatic heterocycles. The Labute approximate surface area is 231 Å². The summed E-state index contributed by atoms with van der Waals surface area (Å²) in [5, 5.41) is 11.1. The molecule has 2 heterocycles. The minimum atomic E-state index is -0.334. The number of hydrogen-bond acceptors (Lipinski definition) is 6. The van der Waals surface area contributed by atoms with Gasteiger partial charge in [0.25, 0.3) is 11.8 Å². The van der Waals surface area contributed by atoms with Crippen LogP contribution in [0.25, 0.3) is 0 Å². The lowest BCUT2D eigenvalue weighted by molar-refractivity contribution is -0.118. The van der Waals surface area contributed by atoms with Crippen LogP contribution in [0.3, 0.4) is 0 Å². The van der Waals surface area contributed by atoms with Crippen LogP contribution in [0.15, 0.2) is 94.2 Å². The Balaban J connectivity index is 1.20. The molecule has 40 heavy (non-hydrogen) atoms. The molecule has 0 aliphatic carbocycles. The molecule has 0 atom stereocenters. The highest BCUT2D eigenvalue weighted by molar-refractivity contribution is 6.04. The van der Waals surface area contributed by atoms with Gasteiger partial charge in [-0.05, 0) is 61.4 Å². The summed E-state index contributed by atoms with van der Waals surface area (Å²) in [6.07, 6.45) is 4.36. The Hall–Kier alpha value is -5.12. The number of anilines is 2. The van der Waals surface area contributed by atoms with Crippen molar-refractivity contribution in [3.63, 3.8) is 0 Å². The van der Waals surface area contributed by atoms with Crippen molar-refractivity contribution in [1.82, 2.24) is 10.6 Å². The first kappa shape index (κ1) is 27.9. The van der Waals surface area contributed by atoms with Crippen molar-refractivity contribution in [2.75, 3.05) is 10.6 Å². The molecule has 0 radical (unpaired) electrons. The van der Waals surface area contributed by atoms with Crippen molar-refractivity contribution in [1.29, 1.82) is 0 Å². The molecule has 10 heteroatoms. The van der Waals surface area contributed by atoms with Gasteiger partial charge in [0.1, 0.15) is 11.5 Å². The van der Waals surface area contributed by atoms with E-state index in [1.54, 1.807) is 72.8 Å². The van der Waals surface area contributed by atoms with E-state index in [0.29, 0.717) is 46.9 Å². The lowest BCUT2D eigenvalue weighted by atomic mass is 10.1. The normalized spacial score (nSPS) is 10.5. The highest BCUT2D eigenvalue weighted by atomic mass is 16.3. The summed E-state index contributed by atoms with van der Waals surface area (Å²) >= 11 is 0. The molecular formula is C30H30N4O6. The summed E-state index contributed by atoms with van der Waals surface area (Å²) in [5.74, 6) is 0.0554. The van der Waals surface area contributed by atoms with E-state index in [9.17, 15) is 19.2 Å². The third-order valence-electron chi connectivity index (χ3n) is 5.96. The predicted molar refractivity (Wildman–Crippen MR) is 148 cm³/mol. The second kappa shape index (κ2) is 14.1. The third kappa shape index (κ3) is 8.19. The molecule has 0 saturated heterocycles. The van der Waals surface area contributed by atoms with Crippen LogP contribution in [0.4, 0.5) is 11.4 Å². The first-order chi connectivity index (χ1) is 19.5. The fourth-order valence-corrected chi connectivity index (χ4v) is 3.93. The minimum Gasteiger partial charge on any atom is -0.467 e. The number of benzene rings is 2. The second-order valence-corrected chi connectivity index (χ2v) is 8.92. The van der Waals surface area contributed by atoms with E-state index in [0.717, 1.165) is 0 Å². The summed E-state index contributed by atoms with van der Waals surface area (Å²) in [4.78, 5) is 50.3. The highest BCUT2D eigenvalue weighted by Crippen LogP contribution is 2.18. The summed E-state index contributed by atoms with van der Waals surface area (Å²) in [6.45, 7) is 0.465. The molecule has 0 spiro atoms. The maximum absolute atomic E-state index is 12.6. The summed E-state index contributed by atoms with van der Waals surface area (Å²) in [6, 6.07) is 20.5. The molecule has 0 aliphatic rings. The Morgan fingerprint density at radius 3 is 1.38 bits per heavy atom. The second-order valence-electron chi connectivity index (χ2n) is 8.92. The van der Waals surface area contributed by atoms with Crippen molar-refractivity contribution >= 4 is 35.0 Å². The van der Waals surface area contributed by atoms with E-state index < -0.39 is 0 Å². The standard InChI is InChI=1S/C30H30N4O6/c35-27(33-25-13-3-1-11-23(25)29(37)31-19-21-9-7-17-39-21)15-5-6-16-28(36)34-26-14-4-2-12-24(26)30(38)32-20-22-10-8-18-40-22/h1-4,7-14,17-18H,5-6,15-16,19-20H2,(H,31,37)(H,32,38)(H,33,35)(H,34,36). The molecule has 0 bridgehead atoms. The smallest absolute Gasteiger partial charge is 0.253 e. The lowest BCUT2D eigenvalue weighted by Crippen LogP contribution is -2.25. The predicted octanol–water partition coefficient (Wildman–Crippen LogP) is 4.87. The van der Waals surface area contributed by atoms with Crippen LogP contribution in [-0.2, 0) is 22.7 Å². The highest BCUT2D eigenvalue weighted by Gasteiger charge is 2.15. The van der Waals surface area contributed by atoms with Crippen LogP contribution in [0.5, 0.6) is 0 Å². The first-order valence-corrected chi connectivity index (χ1v) is 12.9. The SMILES string of the molecule is O=C(CCCCC(=O)Nc1ccccc1C(=O)NCc1ccco1)Nc1ccccc1C(=O)NCc1ccco1. The first-order valence-electron chi connectivity index (χ1n) is 12.9. The van der Waals surface area contributed by atoms with Gasteiger partial charge in [-0.15, -0.1) is 0 Å². The molecule has 0 unspecified atom stereocenters. The largest absolute Gasteiger partial charge is 0.467 e. The van der Waals surface area contributed by atoms with Crippen molar-refractivity contribution in [2.24, 2.45) is 0 Å².